The SMILES string of the molecule is COC(=O)C1CCN(C(=O)N2CC(NC(=O)c3ccccc3)CC(c3ccc(C(F)(F)F)cc3)C2)CC1. The Balaban J connectivity index is 1.50. The first-order valence-electron chi connectivity index (χ1n) is 12.3. The fraction of sp³-hybridized carbons (Fsp3) is 0.444. The number of carbonyl (C=O) groups is 3. The zero-order valence-corrected chi connectivity index (χ0v) is 20.5. The van der Waals surface area contributed by atoms with Crippen molar-refractivity contribution in [3.05, 3.63) is 71.3 Å². The van der Waals surface area contributed by atoms with E-state index in [9.17, 15) is 27.6 Å². The van der Waals surface area contributed by atoms with Gasteiger partial charge in [0.05, 0.1) is 18.6 Å². The summed E-state index contributed by atoms with van der Waals surface area (Å²) < 4.78 is 44.0. The van der Waals surface area contributed by atoms with E-state index < -0.39 is 11.7 Å². The minimum absolute atomic E-state index is 0.209. The highest BCUT2D eigenvalue weighted by molar-refractivity contribution is 5.94. The molecule has 2 aromatic rings. The molecule has 2 saturated heterocycles. The van der Waals surface area contributed by atoms with E-state index >= 15 is 0 Å². The Morgan fingerprint density at radius 2 is 1.57 bits per heavy atom. The number of hydrogen-bond donors (Lipinski definition) is 1. The van der Waals surface area contributed by atoms with Crippen LogP contribution in [0.15, 0.2) is 54.6 Å². The summed E-state index contributed by atoms with van der Waals surface area (Å²) in [5, 5.41) is 3.00. The molecular formula is C27H30F3N3O4. The Kier molecular flexibility index (Phi) is 8.04. The van der Waals surface area contributed by atoms with Crippen LogP contribution in [0.25, 0.3) is 0 Å². The highest BCUT2D eigenvalue weighted by Crippen LogP contribution is 2.33. The molecule has 2 unspecified atom stereocenters. The normalized spacial score (nSPS) is 20.9. The zero-order chi connectivity index (χ0) is 26.6. The van der Waals surface area contributed by atoms with Gasteiger partial charge in [0.2, 0.25) is 0 Å². The van der Waals surface area contributed by atoms with E-state index in [1.165, 1.54) is 19.2 Å². The third kappa shape index (κ3) is 6.42. The molecule has 0 spiro atoms. The van der Waals surface area contributed by atoms with Crippen LogP contribution >= 0.6 is 0 Å². The number of hydrogen-bond acceptors (Lipinski definition) is 4. The van der Waals surface area contributed by atoms with Gasteiger partial charge in [-0.15, -0.1) is 0 Å². The van der Waals surface area contributed by atoms with Crippen molar-refractivity contribution in [3.63, 3.8) is 0 Å². The Bertz CT molecular complexity index is 1100. The molecule has 3 amide bonds. The first-order valence-corrected chi connectivity index (χ1v) is 12.3. The van der Waals surface area contributed by atoms with Gasteiger partial charge in [-0.25, -0.2) is 4.79 Å². The average Bonchev–Trinajstić information content (AvgIpc) is 2.92. The predicted octanol–water partition coefficient (Wildman–Crippen LogP) is 4.30. The number of piperidine rings is 2. The minimum atomic E-state index is -4.43. The van der Waals surface area contributed by atoms with Crippen LogP contribution in [0.3, 0.4) is 0 Å². The van der Waals surface area contributed by atoms with Crippen LogP contribution < -0.4 is 5.32 Å². The number of benzene rings is 2. The summed E-state index contributed by atoms with van der Waals surface area (Å²) in [5.41, 5.74) is 0.429. The summed E-state index contributed by atoms with van der Waals surface area (Å²) >= 11 is 0. The second-order valence-electron chi connectivity index (χ2n) is 9.56. The van der Waals surface area contributed by atoms with Crippen LogP contribution in [0.1, 0.15) is 46.7 Å². The van der Waals surface area contributed by atoms with Crippen molar-refractivity contribution in [1.82, 2.24) is 15.1 Å². The third-order valence-corrected chi connectivity index (χ3v) is 7.10. The molecule has 2 aromatic carbocycles. The van der Waals surface area contributed by atoms with Crippen LogP contribution in [0.5, 0.6) is 0 Å². The predicted molar refractivity (Wildman–Crippen MR) is 130 cm³/mol. The number of urea groups is 1. The number of nitrogens with zero attached hydrogens (tertiary/aromatic N) is 2. The summed E-state index contributed by atoms with van der Waals surface area (Å²) in [6.07, 6.45) is -2.95. The lowest BCUT2D eigenvalue weighted by Crippen LogP contribution is -2.56. The molecule has 1 N–H and O–H groups in total. The fourth-order valence-electron chi connectivity index (χ4n) is 5.08. The first-order chi connectivity index (χ1) is 17.7. The van der Waals surface area contributed by atoms with E-state index in [1.807, 2.05) is 6.07 Å². The van der Waals surface area contributed by atoms with Crippen molar-refractivity contribution in [2.24, 2.45) is 5.92 Å². The summed E-state index contributed by atoms with van der Waals surface area (Å²) in [7, 11) is 1.35. The number of rotatable bonds is 4. The second kappa shape index (κ2) is 11.2. The van der Waals surface area contributed by atoms with Gasteiger partial charge in [0.1, 0.15) is 0 Å². The molecule has 37 heavy (non-hydrogen) atoms. The molecule has 0 saturated carbocycles. The molecule has 0 aromatic heterocycles. The quantitative estimate of drug-likeness (QED) is 0.614. The van der Waals surface area contributed by atoms with Crippen LogP contribution in [0, 0.1) is 5.92 Å². The molecule has 4 rings (SSSR count). The maximum atomic E-state index is 13.4. The maximum Gasteiger partial charge on any atom is 0.416 e. The highest BCUT2D eigenvalue weighted by atomic mass is 19.4. The third-order valence-electron chi connectivity index (χ3n) is 7.10. The molecule has 7 nitrogen and oxygen atoms in total. The number of halogens is 3. The van der Waals surface area contributed by atoms with Crippen molar-refractivity contribution < 1.29 is 32.3 Å². The summed E-state index contributed by atoms with van der Waals surface area (Å²) in [4.78, 5) is 41.4. The van der Waals surface area contributed by atoms with E-state index in [1.54, 1.807) is 34.1 Å². The molecule has 2 aliphatic rings. The Morgan fingerprint density at radius 1 is 0.919 bits per heavy atom. The molecule has 2 heterocycles. The van der Waals surface area contributed by atoms with E-state index in [4.69, 9.17) is 4.74 Å². The number of alkyl halides is 3. The summed E-state index contributed by atoms with van der Waals surface area (Å²) in [5.74, 6) is -1.05. The number of amides is 3. The largest absolute Gasteiger partial charge is 0.469 e. The Labute approximate surface area is 213 Å². The zero-order valence-electron chi connectivity index (χ0n) is 20.5. The number of nitrogens with one attached hydrogen (secondary N) is 1. The molecule has 0 radical (unpaired) electrons. The molecule has 2 atom stereocenters. The molecule has 2 aliphatic heterocycles. The van der Waals surface area contributed by atoms with Gasteiger partial charge in [-0.05, 0) is 49.1 Å². The van der Waals surface area contributed by atoms with Gasteiger partial charge in [-0.3, -0.25) is 9.59 Å². The van der Waals surface area contributed by atoms with Gasteiger partial charge in [0.15, 0.2) is 0 Å². The Morgan fingerprint density at radius 3 is 2.16 bits per heavy atom. The standard InChI is InChI=1S/C27H30F3N3O4/c1-37-25(35)20-11-13-32(14-12-20)26(36)33-16-21(18-7-9-22(10-8-18)27(28,29)30)15-23(17-33)31-24(34)19-5-3-2-4-6-19/h2-10,20-21,23H,11-17H2,1H3,(H,31,34). The highest BCUT2D eigenvalue weighted by Gasteiger charge is 2.36. The Hall–Kier alpha value is -3.56. The van der Waals surface area contributed by atoms with Gasteiger partial charge in [0.25, 0.3) is 5.91 Å². The van der Waals surface area contributed by atoms with E-state index in [0.717, 1.165) is 12.1 Å². The number of carbonyl (C=O) groups excluding carboxylic acids is 3. The topological polar surface area (TPSA) is 79.0 Å². The van der Waals surface area contributed by atoms with Gasteiger partial charge in [-0.2, -0.15) is 13.2 Å². The monoisotopic (exact) mass is 517 g/mol. The number of likely N-dealkylation sites (tertiary alicyclic amines) is 2. The lowest BCUT2D eigenvalue weighted by Gasteiger charge is -2.42. The lowest BCUT2D eigenvalue weighted by atomic mass is 9.87. The van der Waals surface area contributed by atoms with Crippen LogP contribution in [-0.4, -0.2) is 67.0 Å². The van der Waals surface area contributed by atoms with Crippen molar-refractivity contribution in [1.29, 1.82) is 0 Å². The van der Waals surface area contributed by atoms with Gasteiger partial charge < -0.3 is 19.9 Å². The van der Waals surface area contributed by atoms with Crippen molar-refractivity contribution >= 4 is 17.9 Å². The smallest absolute Gasteiger partial charge is 0.416 e. The number of esters is 1. The van der Waals surface area contributed by atoms with E-state index in [2.05, 4.69) is 5.32 Å². The minimum Gasteiger partial charge on any atom is -0.469 e. The molecule has 0 aliphatic carbocycles. The molecule has 10 heteroatoms. The average molecular weight is 518 g/mol. The van der Waals surface area contributed by atoms with Crippen LogP contribution in [-0.2, 0) is 15.7 Å². The molecule has 0 bridgehead atoms. The molecular weight excluding hydrogens is 487 g/mol. The number of methoxy groups -OCH3 is 1. The maximum absolute atomic E-state index is 13.4. The van der Waals surface area contributed by atoms with E-state index in [0.29, 0.717) is 50.0 Å². The molecule has 2 fully saturated rings. The fourth-order valence-corrected chi connectivity index (χ4v) is 5.08. The van der Waals surface area contributed by atoms with Crippen molar-refractivity contribution in [2.75, 3.05) is 33.3 Å². The lowest BCUT2D eigenvalue weighted by molar-refractivity contribution is -0.146. The molecule has 198 valence electrons. The first kappa shape index (κ1) is 26.5. The van der Waals surface area contributed by atoms with Crippen molar-refractivity contribution in [3.8, 4) is 0 Å². The van der Waals surface area contributed by atoms with Gasteiger partial charge in [-0.1, -0.05) is 30.3 Å². The van der Waals surface area contributed by atoms with Crippen LogP contribution in [0.2, 0.25) is 0 Å². The van der Waals surface area contributed by atoms with E-state index in [-0.39, 0.29) is 42.3 Å². The summed E-state index contributed by atoms with van der Waals surface area (Å²) in [6, 6.07) is 13.1. The van der Waals surface area contributed by atoms with Crippen molar-refractivity contribution in [2.45, 2.75) is 37.4 Å². The van der Waals surface area contributed by atoms with Gasteiger partial charge in [0, 0.05) is 43.7 Å². The second-order valence-corrected chi connectivity index (χ2v) is 9.56. The van der Waals surface area contributed by atoms with Crippen LogP contribution in [0.4, 0.5) is 18.0 Å². The number of ether oxygens (including phenoxy) is 1. The van der Waals surface area contributed by atoms with Gasteiger partial charge >= 0.3 is 18.2 Å². The summed E-state index contributed by atoms with van der Waals surface area (Å²) in [6.45, 7) is 1.41.